The minimum atomic E-state index is -0.113. The van der Waals surface area contributed by atoms with E-state index < -0.39 is 0 Å². The van der Waals surface area contributed by atoms with Gasteiger partial charge in [-0.3, -0.25) is 0 Å². The summed E-state index contributed by atoms with van der Waals surface area (Å²) in [6.07, 6.45) is 5.67. The van der Waals surface area contributed by atoms with Crippen LogP contribution in [0.2, 0.25) is 0 Å². The molecule has 2 aliphatic rings. The van der Waals surface area contributed by atoms with E-state index in [4.69, 9.17) is 4.74 Å². The van der Waals surface area contributed by atoms with Crippen LogP contribution in [0.1, 0.15) is 50.6 Å². The van der Waals surface area contributed by atoms with Crippen LogP contribution in [0.4, 0.5) is 4.39 Å². The SMILES string of the molecule is CCNC(c1cc(Br)ccc1F)C1CCOC2(CCC2)C1. The molecule has 2 fully saturated rings. The maximum absolute atomic E-state index is 14.3. The molecule has 0 bridgehead atoms. The molecule has 2 atom stereocenters. The van der Waals surface area contributed by atoms with Gasteiger partial charge in [-0.05, 0) is 62.8 Å². The van der Waals surface area contributed by atoms with Crippen molar-refractivity contribution >= 4 is 15.9 Å². The summed E-state index contributed by atoms with van der Waals surface area (Å²) in [7, 11) is 0. The summed E-state index contributed by atoms with van der Waals surface area (Å²) in [4.78, 5) is 0. The molecule has 2 unspecified atom stereocenters. The molecule has 21 heavy (non-hydrogen) atoms. The average Bonchev–Trinajstić information content (AvgIpc) is 2.46. The van der Waals surface area contributed by atoms with Crippen molar-refractivity contribution in [1.29, 1.82) is 0 Å². The minimum Gasteiger partial charge on any atom is -0.375 e. The van der Waals surface area contributed by atoms with E-state index in [1.807, 2.05) is 6.07 Å². The first-order valence-electron chi connectivity index (χ1n) is 7.96. The van der Waals surface area contributed by atoms with E-state index in [1.54, 1.807) is 12.1 Å². The topological polar surface area (TPSA) is 21.3 Å². The van der Waals surface area contributed by atoms with Crippen molar-refractivity contribution in [3.05, 3.63) is 34.1 Å². The second kappa shape index (κ2) is 6.35. The van der Waals surface area contributed by atoms with E-state index >= 15 is 0 Å². The number of halogens is 2. The lowest BCUT2D eigenvalue weighted by atomic mass is 9.69. The van der Waals surface area contributed by atoms with Gasteiger partial charge in [0.2, 0.25) is 0 Å². The normalized spacial score (nSPS) is 25.6. The maximum Gasteiger partial charge on any atom is 0.128 e. The highest BCUT2D eigenvalue weighted by Crippen LogP contribution is 2.47. The molecular formula is C17H23BrFNO. The molecule has 116 valence electrons. The van der Waals surface area contributed by atoms with Gasteiger partial charge in [-0.15, -0.1) is 0 Å². The third-order valence-electron chi connectivity index (χ3n) is 4.98. The van der Waals surface area contributed by atoms with Crippen LogP contribution in [0.15, 0.2) is 22.7 Å². The molecular weight excluding hydrogens is 333 g/mol. The Morgan fingerprint density at radius 1 is 1.48 bits per heavy atom. The van der Waals surface area contributed by atoms with Gasteiger partial charge in [-0.2, -0.15) is 0 Å². The largest absolute Gasteiger partial charge is 0.375 e. The predicted octanol–water partition coefficient (Wildman–Crippen LogP) is 4.59. The highest BCUT2D eigenvalue weighted by Gasteiger charge is 2.44. The van der Waals surface area contributed by atoms with Crippen molar-refractivity contribution in [2.24, 2.45) is 5.92 Å². The Hall–Kier alpha value is -0.450. The summed E-state index contributed by atoms with van der Waals surface area (Å²) in [6.45, 7) is 3.74. The lowest BCUT2D eigenvalue weighted by molar-refractivity contribution is -0.147. The Morgan fingerprint density at radius 2 is 2.29 bits per heavy atom. The number of nitrogens with one attached hydrogen (secondary N) is 1. The van der Waals surface area contributed by atoms with Crippen LogP contribution in [-0.2, 0) is 4.74 Å². The van der Waals surface area contributed by atoms with Gasteiger partial charge in [0.15, 0.2) is 0 Å². The maximum atomic E-state index is 14.3. The Balaban J connectivity index is 1.84. The first kappa shape index (κ1) is 15.4. The first-order valence-corrected chi connectivity index (χ1v) is 8.75. The molecule has 0 amide bonds. The molecule has 1 saturated heterocycles. The fourth-order valence-corrected chi connectivity index (χ4v) is 4.15. The fourth-order valence-electron chi connectivity index (χ4n) is 3.77. The van der Waals surface area contributed by atoms with Gasteiger partial charge in [0.25, 0.3) is 0 Å². The third kappa shape index (κ3) is 3.17. The highest BCUT2D eigenvalue weighted by atomic mass is 79.9. The standard InChI is InChI=1S/C17H23BrFNO/c1-2-20-16(14-10-13(18)4-5-15(14)19)12-6-9-21-17(11-12)7-3-8-17/h4-5,10,12,16,20H,2-3,6-9,11H2,1H3. The molecule has 4 heteroatoms. The minimum absolute atomic E-state index is 0.0777. The second-order valence-corrected chi connectivity index (χ2v) is 7.25. The van der Waals surface area contributed by atoms with Gasteiger partial charge in [0, 0.05) is 22.7 Å². The van der Waals surface area contributed by atoms with Gasteiger partial charge in [-0.25, -0.2) is 4.39 Å². The molecule has 1 aromatic rings. The van der Waals surface area contributed by atoms with Gasteiger partial charge in [-0.1, -0.05) is 22.9 Å². The van der Waals surface area contributed by atoms with Crippen molar-refractivity contribution < 1.29 is 9.13 Å². The molecule has 1 heterocycles. The van der Waals surface area contributed by atoms with Crippen molar-refractivity contribution in [1.82, 2.24) is 5.32 Å². The van der Waals surface area contributed by atoms with Crippen LogP contribution in [0.5, 0.6) is 0 Å². The van der Waals surface area contributed by atoms with Crippen molar-refractivity contribution in [2.75, 3.05) is 13.2 Å². The van der Waals surface area contributed by atoms with E-state index in [9.17, 15) is 4.39 Å². The number of rotatable bonds is 4. The molecule has 0 aromatic heterocycles. The quantitative estimate of drug-likeness (QED) is 0.852. The Bertz CT molecular complexity index is 504. The number of hydrogen-bond acceptors (Lipinski definition) is 2. The predicted molar refractivity (Wildman–Crippen MR) is 85.8 cm³/mol. The number of benzene rings is 1. The molecule has 1 aliphatic heterocycles. The van der Waals surface area contributed by atoms with E-state index in [2.05, 4.69) is 28.2 Å². The first-order chi connectivity index (χ1) is 10.1. The third-order valence-corrected chi connectivity index (χ3v) is 5.48. The Labute approximate surface area is 134 Å². The lowest BCUT2D eigenvalue weighted by Gasteiger charge is -2.49. The zero-order chi connectivity index (χ0) is 14.9. The van der Waals surface area contributed by atoms with Crippen molar-refractivity contribution in [3.8, 4) is 0 Å². The number of hydrogen-bond donors (Lipinski definition) is 1. The second-order valence-electron chi connectivity index (χ2n) is 6.34. The summed E-state index contributed by atoms with van der Waals surface area (Å²) >= 11 is 3.47. The van der Waals surface area contributed by atoms with Gasteiger partial charge >= 0.3 is 0 Å². The van der Waals surface area contributed by atoms with Crippen molar-refractivity contribution in [2.45, 2.75) is 50.7 Å². The van der Waals surface area contributed by atoms with Crippen LogP contribution < -0.4 is 5.32 Å². The van der Waals surface area contributed by atoms with Gasteiger partial charge < -0.3 is 10.1 Å². The monoisotopic (exact) mass is 355 g/mol. The summed E-state index contributed by atoms with van der Waals surface area (Å²) in [5, 5.41) is 3.51. The van der Waals surface area contributed by atoms with E-state index in [0.717, 1.165) is 36.0 Å². The van der Waals surface area contributed by atoms with Gasteiger partial charge in [0.1, 0.15) is 5.82 Å². The van der Waals surface area contributed by atoms with Crippen LogP contribution in [-0.4, -0.2) is 18.8 Å². The van der Waals surface area contributed by atoms with E-state index in [-0.39, 0.29) is 17.5 Å². The van der Waals surface area contributed by atoms with Gasteiger partial charge in [0.05, 0.1) is 5.60 Å². The summed E-state index contributed by atoms with van der Waals surface area (Å²) in [6, 6.07) is 5.32. The molecule has 1 aromatic carbocycles. The summed E-state index contributed by atoms with van der Waals surface area (Å²) < 4.78 is 21.3. The molecule has 3 rings (SSSR count). The molecule has 1 spiro atoms. The smallest absolute Gasteiger partial charge is 0.128 e. The van der Waals surface area contributed by atoms with E-state index in [0.29, 0.717) is 5.92 Å². The molecule has 2 nitrogen and oxygen atoms in total. The summed E-state index contributed by atoms with van der Waals surface area (Å²) in [5.74, 6) is 0.334. The molecule has 1 N–H and O–H groups in total. The summed E-state index contributed by atoms with van der Waals surface area (Å²) in [5.41, 5.74) is 0.881. The molecule has 1 saturated carbocycles. The fraction of sp³-hybridized carbons (Fsp3) is 0.647. The van der Waals surface area contributed by atoms with Crippen LogP contribution >= 0.6 is 15.9 Å². The Morgan fingerprint density at radius 3 is 2.95 bits per heavy atom. The Kier molecular flexibility index (Phi) is 4.67. The zero-order valence-corrected chi connectivity index (χ0v) is 14.1. The highest BCUT2D eigenvalue weighted by molar-refractivity contribution is 9.10. The number of ether oxygens (including phenoxy) is 1. The van der Waals surface area contributed by atoms with Crippen LogP contribution in [0, 0.1) is 11.7 Å². The lowest BCUT2D eigenvalue weighted by Crippen LogP contribution is -2.48. The zero-order valence-electron chi connectivity index (χ0n) is 12.5. The molecule has 1 aliphatic carbocycles. The average molecular weight is 356 g/mol. The van der Waals surface area contributed by atoms with Crippen LogP contribution in [0.25, 0.3) is 0 Å². The molecule has 0 radical (unpaired) electrons. The van der Waals surface area contributed by atoms with Crippen molar-refractivity contribution in [3.63, 3.8) is 0 Å². The van der Waals surface area contributed by atoms with Crippen LogP contribution in [0.3, 0.4) is 0 Å². The van der Waals surface area contributed by atoms with E-state index in [1.165, 1.54) is 19.3 Å².